The van der Waals surface area contributed by atoms with E-state index in [1.807, 2.05) is 60.7 Å². The predicted octanol–water partition coefficient (Wildman–Crippen LogP) is 6.33. The number of rotatable bonds is 2. The van der Waals surface area contributed by atoms with E-state index in [2.05, 4.69) is 15.9 Å². The number of fused-ring (bicyclic) bond motifs is 2. The molecule has 4 heteroatoms. The summed E-state index contributed by atoms with van der Waals surface area (Å²) < 4.78 is 0.830. The van der Waals surface area contributed by atoms with Crippen LogP contribution in [-0.4, -0.2) is 4.92 Å². The summed E-state index contributed by atoms with van der Waals surface area (Å²) in [6.07, 6.45) is 0. The molecule has 3 nitrogen and oxygen atoms in total. The molecule has 0 bridgehead atoms. The third-order valence-corrected chi connectivity index (χ3v) is 4.69. The highest BCUT2D eigenvalue weighted by atomic mass is 79.9. The van der Waals surface area contributed by atoms with Gasteiger partial charge in [-0.2, -0.15) is 0 Å². The van der Waals surface area contributed by atoms with E-state index < -0.39 is 0 Å². The Kier molecular flexibility index (Phi) is 3.54. The number of hydrogen-bond acceptors (Lipinski definition) is 2. The first-order valence-corrected chi connectivity index (χ1v) is 8.28. The van der Waals surface area contributed by atoms with Crippen LogP contribution in [0.2, 0.25) is 0 Å². The van der Waals surface area contributed by atoms with Gasteiger partial charge in [-0.25, -0.2) is 0 Å². The molecular weight excluding hydrogens is 366 g/mol. The molecule has 0 aliphatic heterocycles. The van der Waals surface area contributed by atoms with Gasteiger partial charge in [0.25, 0.3) is 5.69 Å². The third kappa shape index (κ3) is 2.45. The van der Waals surface area contributed by atoms with Gasteiger partial charge in [-0.3, -0.25) is 10.1 Å². The molecule has 0 unspecified atom stereocenters. The van der Waals surface area contributed by atoms with Crippen molar-refractivity contribution in [1.82, 2.24) is 0 Å². The summed E-state index contributed by atoms with van der Waals surface area (Å²) in [6, 6.07) is 23.4. The summed E-state index contributed by atoms with van der Waals surface area (Å²) in [5.41, 5.74) is 1.98. The lowest BCUT2D eigenvalue weighted by Crippen LogP contribution is -1.92. The van der Waals surface area contributed by atoms with Crippen LogP contribution in [0.5, 0.6) is 0 Å². The molecule has 4 aromatic carbocycles. The number of non-ortho nitro benzene ring substituents is 1. The number of benzene rings is 4. The summed E-state index contributed by atoms with van der Waals surface area (Å²) in [6.45, 7) is 0. The fourth-order valence-electron chi connectivity index (χ4n) is 3.09. The van der Waals surface area contributed by atoms with Gasteiger partial charge in [0.1, 0.15) is 0 Å². The SMILES string of the molecule is O=[N+]([O-])c1cc(-c2cccc3ccccc23)cc2ccc(Br)cc12. The van der Waals surface area contributed by atoms with Gasteiger partial charge >= 0.3 is 0 Å². The Labute approximate surface area is 146 Å². The third-order valence-electron chi connectivity index (χ3n) is 4.19. The van der Waals surface area contributed by atoms with Crippen LogP contribution in [0.4, 0.5) is 5.69 Å². The second-order valence-electron chi connectivity index (χ2n) is 5.64. The minimum absolute atomic E-state index is 0.122. The van der Waals surface area contributed by atoms with E-state index in [1.165, 1.54) is 0 Å². The molecule has 0 aliphatic carbocycles. The van der Waals surface area contributed by atoms with Gasteiger partial charge in [-0.1, -0.05) is 64.5 Å². The summed E-state index contributed by atoms with van der Waals surface area (Å²) >= 11 is 3.39. The van der Waals surface area contributed by atoms with Crippen molar-refractivity contribution in [1.29, 1.82) is 0 Å². The molecule has 0 N–H and O–H groups in total. The fraction of sp³-hybridized carbons (Fsp3) is 0. The zero-order chi connectivity index (χ0) is 16.7. The second-order valence-corrected chi connectivity index (χ2v) is 6.56. The van der Waals surface area contributed by atoms with Crippen LogP contribution in [0.25, 0.3) is 32.7 Å². The maximum absolute atomic E-state index is 11.6. The lowest BCUT2D eigenvalue weighted by atomic mass is 9.95. The van der Waals surface area contributed by atoms with Crippen LogP contribution in [0.15, 0.2) is 77.3 Å². The first-order valence-electron chi connectivity index (χ1n) is 7.49. The molecular formula is C20H12BrNO2. The van der Waals surface area contributed by atoms with E-state index in [-0.39, 0.29) is 10.6 Å². The van der Waals surface area contributed by atoms with E-state index in [0.29, 0.717) is 5.39 Å². The van der Waals surface area contributed by atoms with Crippen molar-refractivity contribution in [2.75, 3.05) is 0 Å². The smallest absolute Gasteiger partial charge is 0.258 e. The van der Waals surface area contributed by atoms with Crippen molar-refractivity contribution in [3.8, 4) is 11.1 Å². The molecule has 0 spiro atoms. The summed E-state index contributed by atoms with van der Waals surface area (Å²) in [7, 11) is 0. The highest BCUT2D eigenvalue weighted by Crippen LogP contribution is 2.36. The van der Waals surface area contributed by atoms with Gasteiger partial charge < -0.3 is 0 Å². The Hall–Kier alpha value is -2.72. The van der Waals surface area contributed by atoms with E-state index in [0.717, 1.165) is 31.8 Å². The Morgan fingerprint density at radius 1 is 0.792 bits per heavy atom. The van der Waals surface area contributed by atoms with Crippen LogP contribution in [0.3, 0.4) is 0 Å². The van der Waals surface area contributed by atoms with E-state index >= 15 is 0 Å². The molecule has 0 aliphatic rings. The molecule has 24 heavy (non-hydrogen) atoms. The average Bonchev–Trinajstić information content (AvgIpc) is 2.60. The zero-order valence-electron chi connectivity index (χ0n) is 12.6. The molecule has 0 amide bonds. The van der Waals surface area contributed by atoms with Crippen molar-refractivity contribution >= 4 is 43.2 Å². The Bertz CT molecular complexity index is 1100. The van der Waals surface area contributed by atoms with Gasteiger partial charge in [-0.15, -0.1) is 0 Å². The number of nitro groups is 1. The fourth-order valence-corrected chi connectivity index (χ4v) is 3.46. The molecule has 0 atom stereocenters. The van der Waals surface area contributed by atoms with Gasteiger partial charge in [0, 0.05) is 10.5 Å². The number of hydrogen-bond donors (Lipinski definition) is 0. The minimum Gasteiger partial charge on any atom is -0.258 e. The van der Waals surface area contributed by atoms with E-state index in [9.17, 15) is 10.1 Å². The normalized spacial score (nSPS) is 11.0. The molecule has 116 valence electrons. The number of nitro benzene ring substituents is 1. The molecule has 4 rings (SSSR count). The lowest BCUT2D eigenvalue weighted by molar-refractivity contribution is -0.383. The zero-order valence-corrected chi connectivity index (χ0v) is 14.2. The van der Waals surface area contributed by atoms with Crippen molar-refractivity contribution in [2.24, 2.45) is 0 Å². The van der Waals surface area contributed by atoms with Gasteiger partial charge in [0.15, 0.2) is 0 Å². The summed E-state index contributed by atoms with van der Waals surface area (Å²) in [4.78, 5) is 11.2. The van der Waals surface area contributed by atoms with E-state index in [1.54, 1.807) is 12.1 Å². The number of halogens is 1. The molecule has 0 radical (unpaired) electrons. The average molecular weight is 378 g/mol. The topological polar surface area (TPSA) is 43.1 Å². The van der Waals surface area contributed by atoms with Gasteiger partial charge in [-0.05, 0) is 45.5 Å². The molecule has 0 saturated carbocycles. The van der Waals surface area contributed by atoms with Crippen molar-refractivity contribution < 1.29 is 4.92 Å². The van der Waals surface area contributed by atoms with Crippen LogP contribution in [-0.2, 0) is 0 Å². The largest absolute Gasteiger partial charge is 0.277 e. The van der Waals surface area contributed by atoms with Crippen LogP contribution in [0.1, 0.15) is 0 Å². The first-order chi connectivity index (χ1) is 11.6. The van der Waals surface area contributed by atoms with Crippen LogP contribution < -0.4 is 0 Å². The second kappa shape index (κ2) is 5.73. The molecule has 0 saturated heterocycles. The number of nitrogens with zero attached hydrogens (tertiary/aromatic N) is 1. The predicted molar refractivity (Wildman–Crippen MR) is 101 cm³/mol. The van der Waals surface area contributed by atoms with Gasteiger partial charge in [0.05, 0.1) is 10.3 Å². The highest BCUT2D eigenvalue weighted by molar-refractivity contribution is 9.10. The van der Waals surface area contributed by atoms with Crippen LogP contribution in [0, 0.1) is 10.1 Å². The highest BCUT2D eigenvalue weighted by Gasteiger charge is 2.16. The van der Waals surface area contributed by atoms with Crippen LogP contribution >= 0.6 is 15.9 Å². The van der Waals surface area contributed by atoms with Gasteiger partial charge in [0.2, 0.25) is 0 Å². The van der Waals surface area contributed by atoms with Crippen molar-refractivity contribution in [3.05, 3.63) is 87.4 Å². The van der Waals surface area contributed by atoms with Crippen molar-refractivity contribution in [2.45, 2.75) is 0 Å². The maximum atomic E-state index is 11.6. The lowest BCUT2D eigenvalue weighted by Gasteiger charge is -2.09. The summed E-state index contributed by atoms with van der Waals surface area (Å²) in [5.74, 6) is 0. The molecule has 0 fully saturated rings. The van der Waals surface area contributed by atoms with Crippen molar-refractivity contribution in [3.63, 3.8) is 0 Å². The Balaban J connectivity index is 2.07. The Morgan fingerprint density at radius 2 is 1.58 bits per heavy atom. The molecule has 0 aromatic heterocycles. The maximum Gasteiger partial charge on any atom is 0.277 e. The molecule has 4 aromatic rings. The van der Waals surface area contributed by atoms with E-state index in [4.69, 9.17) is 0 Å². The summed E-state index contributed by atoms with van der Waals surface area (Å²) in [5, 5.41) is 15.3. The monoisotopic (exact) mass is 377 g/mol. The quantitative estimate of drug-likeness (QED) is 0.302. The Morgan fingerprint density at radius 3 is 2.42 bits per heavy atom. The molecule has 0 heterocycles. The first kappa shape index (κ1) is 14.8. The minimum atomic E-state index is -0.316. The standard InChI is InChI=1S/C20H12BrNO2/c21-16-9-8-14-10-15(11-20(22(23)24)19(14)12-16)18-7-3-5-13-4-1-2-6-17(13)18/h1-12H.